The van der Waals surface area contributed by atoms with Crippen molar-refractivity contribution >= 4 is 66.4 Å². The Labute approximate surface area is 460 Å². The van der Waals surface area contributed by atoms with Crippen LogP contribution in [0.3, 0.4) is 0 Å². The molecule has 8 nitrogen and oxygen atoms in total. The molecule has 0 bridgehead atoms. The summed E-state index contributed by atoms with van der Waals surface area (Å²) in [5.41, 5.74) is 17.8. The number of nitriles is 1. The Morgan fingerprint density at radius 3 is 1.21 bits per heavy atom. The average molecular weight is 1020 g/mol. The van der Waals surface area contributed by atoms with Crippen LogP contribution in [0.15, 0.2) is 255 Å². The molecule has 0 saturated heterocycles. The molecule has 0 radical (unpaired) electrons. The minimum Gasteiger partial charge on any atom is -0.310 e. The summed E-state index contributed by atoms with van der Waals surface area (Å²) in [4.78, 5) is 21.3. The fourth-order valence-corrected chi connectivity index (χ4v) is 13.1. The molecule has 0 saturated carbocycles. The molecule has 0 N–H and O–H groups in total. The molecule has 0 amide bonds. The summed E-state index contributed by atoms with van der Waals surface area (Å²) in [6.45, 7) is 8.76. The number of benzene rings is 11. The van der Waals surface area contributed by atoms with E-state index in [-0.39, 0.29) is 0 Å². The molecule has 3 aromatic heterocycles. The van der Waals surface area contributed by atoms with Gasteiger partial charge in [0.2, 0.25) is 0 Å². The first-order valence-electron chi connectivity index (χ1n) is 26.7. The topological polar surface area (TPSA) is 79.9 Å². The fourth-order valence-electron chi connectivity index (χ4n) is 13.1. The van der Waals surface area contributed by atoms with Crippen LogP contribution in [0, 0.1) is 17.9 Å². The van der Waals surface area contributed by atoms with Crippen molar-refractivity contribution in [3.05, 3.63) is 294 Å². The second kappa shape index (κ2) is 17.4. The molecule has 0 atom stereocenters. The fraction of sp³-hybridized carbons (Fsp3) is 0.0139. The number of hydrogen-bond acceptors (Lipinski definition) is 5. The Morgan fingerprint density at radius 2 is 0.775 bits per heavy atom. The van der Waals surface area contributed by atoms with Crippen LogP contribution in [0.4, 0.5) is 22.7 Å². The monoisotopic (exact) mass is 1020 g/mol. The first-order valence-corrected chi connectivity index (χ1v) is 26.7. The van der Waals surface area contributed by atoms with Crippen molar-refractivity contribution in [2.45, 2.75) is 5.41 Å². The Kier molecular flexibility index (Phi) is 9.81. The lowest BCUT2D eigenvalue weighted by Crippen LogP contribution is -2.36. The number of fused-ring (bicyclic) bond motifs is 15. The van der Waals surface area contributed by atoms with E-state index in [1.54, 1.807) is 6.07 Å². The zero-order valence-corrected chi connectivity index (χ0v) is 42.8. The van der Waals surface area contributed by atoms with Crippen LogP contribution in [-0.2, 0) is 5.41 Å². The van der Waals surface area contributed by atoms with Crippen molar-refractivity contribution in [1.82, 2.24) is 24.1 Å². The van der Waals surface area contributed by atoms with Crippen LogP contribution in [0.25, 0.3) is 105 Å². The Bertz CT molecular complexity index is 4620. The van der Waals surface area contributed by atoms with Crippen LogP contribution >= 0.6 is 0 Å². The van der Waals surface area contributed by atoms with E-state index < -0.39 is 5.41 Å². The van der Waals surface area contributed by atoms with Gasteiger partial charge in [0.25, 0.3) is 0 Å². The molecule has 0 unspecified atom stereocenters. The molecule has 370 valence electrons. The highest BCUT2D eigenvalue weighted by atomic mass is 15.2. The second-order valence-electron chi connectivity index (χ2n) is 20.5. The lowest BCUT2D eigenvalue weighted by Gasteiger charge is -2.45. The maximum Gasteiger partial charge on any atom is 0.200 e. The summed E-state index contributed by atoms with van der Waals surface area (Å²) in [7, 11) is 0. The summed E-state index contributed by atoms with van der Waals surface area (Å²) in [5.74, 6) is 1.25. The predicted octanol–water partition coefficient (Wildman–Crippen LogP) is 17.6. The van der Waals surface area contributed by atoms with Gasteiger partial charge in [0.15, 0.2) is 23.2 Å². The summed E-state index contributed by atoms with van der Waals surface area (Å²) in [6.07, 6.45) is 0. The Hall–Kier alpha value is -11.2. The van der Waals surface area contributed by atoms with Gasteiger partial charge in [0.1, 0.15) is 6.07 Å². The summed E-state index contributed by atoms with van der Waals surface area (Å²) in [5, 5.41) is 16.2. The van der Waals surface area contributed by atoms with Crippen LogP contribution < -0.4 is 4.90 Å². The van der Waals surface area contributed by atoms with Crippen LogP contribution in [0.5, 0.6) is 0 Å². The van der Waals surface area contributed by atoms with Gasteiger partial charge in [0.05, 0.1) is 56.7 Å². The van der Waals surface area contributed by atoms with E-state index >= 15 is 0 Å². The Morgan fingerprint density at radius 1 is 0.375 bits per heavy atom. The van der Waals surface area contributed by atoms with Gasteiger partial charge >= 0.3 is 0 Å². The van der Waals surface area contributed by atoms with Gasteiger partial charge in [-0.2, -0.15) is 5.26 Å². The zero-order chi connectivity index (χ0) is 53.1. The lowest BCUT2D eigenvalue weighted by molar-refractivity contribution is 0.752. The van der Waals surface area contributed by atoms with E-state index in [0.29, 0.717) is 40.0 Å². The molecule has 0 fully saturated rings. The third-order valence-corrected chi connectivity index (χ3v) is 16.4. The van der Waals surface area contributed by atoms with Gasteiger partial charge in [-0.25, -0.2) is 19.8 Å². The van der Waals surface area contributed by atoms with Crippen LogP contribution in [0.1, 0.15) is 27.8 Å². The van der Waals surface area contributed by atoms with Crippen molar-refractivity contribution in [2.24, 2.45) is 0 Å². The highest BCUT2D eigenvalue weighted by Gasteiger charge is 2.52. The SMILES string of the molecule is [C-]#[N+]c1cc(N2c3ccccc3C3(c4ccc(-n5c6ccccc6c6ccccc65)cc4-c4cc(-n5c6ccccc6c6ccccc65)ccc43)c3ccccc32)c(C#N)cc1-c1nc(-c2ccccc2)nc(-c2ccccc2)n1. The van der Waals surface area contributed by atoms with E-state index in [1.807, 2.05) is 66.7 Å². The second-order valence-corrected chi connectivity index (χ2v) is 20.5. The van der Waals surface area contributed by atoms with Gasteiger partial charge < -0.3 is 14.0 Å². The van der Waals surface area contributed by atoms with Crippen molar-refractivity contribution in [3.8, 4) is 62.7 Å². The predicted molar refractivity (Wildman–Crippen MR) is 321 cm³/mol. The summed E-state index contributed by atoms with van der Waals surface area (Å²) in [6, 6.07) is 91.7. The molecule has 11 aromatic carbocycles. The maximum atomic E-state index is 11.4. The molecule has 80 heavy (non-hydrogen) atoms. The van der Waals surface area contributed by atoms with E-state index in [2.05, 4.69) is 207 Å². The van der Waals surface area contributed by atoms with Crippen molar-refractivity contribution in [2.75, 3.05) is 4.90 Å². The number of nitrogens with zero attached hydrogens (tertiary/aromatic N) is 8. The molecule has 8 heteroatoms. The van der Waals surface area contributed by atoms with E-state index in [4.69, 9.17) is 21.5 Å². The number of para-hydroxylation sites is 6. The smallest absolute Gasteiger partial charge is 0.200 e. The number of hydrogen-bond donors (Lipinski definition) is 0. The summed E-state index contributed by atoms with van der Waals surface area (Å²) >= 11 is 0. The van der Waals surface area contributed by atoms with Gasteiger partial charge in [-0.15, -0.1) is 0 Å². The highest BCUT2D eigenvalue weighted by Crippen LogP contribution is 2.64. The highest BCUT2D eigenvalue weighted by molar-refractivity contribution is 6.11. The molecule has 1 spiro atoms. The van der Waals surface area contributed by atoms with E-state index in [1.165, 1.54) is 21.5 Å². The lowest BCUT2D eigenvalue weighted by atomic mass is 9.64. The maximum absolute atomic E-state index is 11.4. The molecule has 1 aliphatic carbocycles. The third kappa shape index (κ3) is 6.39. The molecule has 16 rings (SSSR count). The number of rotatable bonds is 6. The van der Waals surface area contributed by atoms with Crippen LogP contribution in [0.2, 0.25) is 0 Å². The normalized spacial score (nSPS) is 12.8. The van der Waals surface area contributed by atoms with Gasteiger partial charge in [0, 0.05) is 49.6 Å². The quantitative estimate of drug-likeness (QED) is 0.155. The summed E-state index contributed by atoms with van der Waals surface area (Å²) < 4.78 is 4.81. The van der Waals surface area contributed by atoms with Gasteiger partial charge in [-0.05, 0) is 106 Å². The van der Waals surface area contributed by atoms with Crippen molar-refractivity contribution in [1.29, 1.82) is 5.26 Å². The Balaban J connectivity index is 0.935. The largest absolute Gasteiger partial charge is 0.310 e. The standard InChI is InChI=1S/C72H42N8/c1-74-61-43-68(47(44-73)40-56(61)71-76-69(45-20-4-2-5-21-45)75-70(77-71)46-22-6-3-7-23-46)80-66-34-18-12-28-59(66)72(60-29-13-19-35-67(60)80)57-38-36-48(78-62-30-14-8-24-50(62)51-25-9-15-31-63(51)78)41-54(57)55-42-49(37-39-58(55)72)79-64-32-16-10-26-52(64)53-27-11-17-33-65(53)79/h2-43H. The first kappa shape index (κ1) is 45.0. The van der Waals surface area contributed by atoms with Gasteiger partial charge in [-0.1, -0.05) is 182 Å². The molecule has 1 aliphatic heterocycles. The first-order chi connectivity index (χ1) is 39.6. The number of aromatic nitrogens is 5. The minimum absolute atomic E-state index is 0.310. The van der Waals surface area contributed by atoms with Crippen LogP contribution in [-0.4, -0.2) is 24.1 Å². The molecular weight excluding hydrogens is 977 g/mol. The van der Waals surface area contributed by atoms with Crippen molar-refractivity contribution in [3.63, 3.8) is 0 Å². The molecule has 14 aromatic rings. The number of anilines is 3. The minimum atomic E-state index is -0.811. The third-order valence-electron chi connectivity index (χ3n) is 16.4. The zero-order valence-electron chi connectivity index (χ0n) is 42.8. The molecular formula is C72H42N8. The van der Waals surface area contributed by atoms with E-state index in [0.717, 1.165) is 89.3 Å². The van der Waals surface area contributed by atoms with E-state index in [9.17, 15) is 5.26 Å². The molecule has 4 heterocycles. The average Bonchev–Trinajstić information content (AvgIpc) is 3.75. The van der Waals surface area contributed by atoms with Gasteiger partial charge in [-0.3, -0.25) is 0 Å². The molecule has 2 aliphatic rings. The van der Waals surface area contributed by atoms with Crippen molar-refractivity contribution < 1.29 is 0 Å².